The minimum absolute atomic E-state index is 0.0122. The third-order valence-corrected chi connectivity index (χ3v) is 5.86. The van der Waals surface area contributed by atoms with E-state index in [0.29, 0.717) is 42.4 Å². The maximum absolute atomic E-state index is 13.7. The summed E-state index contributed by atoms with van der Waals surface area (Å²) in [6.45, 7) is 5.34. The average Bonchev–Trinajstić information content (AvgIpc) is 2.77. The second kappa shape index (κ2) is 9.42. The van der Waals surface area contributed by atoms with Crippen molar-refractivity contribution in [2.45, 2.75) is 25.9 Å². The van der Waals surface area contributed by atoms with Crippen LogP contribution < -0.4 is 15.6 Å². The number of hydrogen-bond donors (Lipinski definition) is 1. The number of halogens is 2. The lowest BCUT2D eigenvalue weighted by atomic mass is 9.99. The van der Waals surface area contributed by atoms with Gasteiger partial charge in [0.2, 0.25) is 0 Å². The number of amides is 1. The van der Waals surface area contributed by atoms with Gasteiger partial charge < -0.3 is 24.3 Å². The molecule has 0 aliphatic carbocycles. The van der Waals surface area contributed by atoms with Crippen LogP contribution in [0.25, 0.3) is 11.0 Å². The van der Waals surface area contributed by atoms with Crippen molar-refractivity contribution in [3.05, 3.63) is 69.4 Å². The number of nitrogens with zero attached hydrogens (tertiary/aromatic N) is 2. The first-order valence-electron chi connectivity index (χ1n) is 11.0. The molecule has 1 amide bonds. The van der Waals surface area contributed by atoms with Crippen LogP contribution in [0.2, 0.25) is 0 Å². The van der Waals surface area contributed by atoms with Crippen molar-refractivity contribution >= 4 is 28.4 Å². The molecule has 34 heavy (non-hydrogen) atoms. The molecule has 3 aromatic rings. The van der Waals surface area contributed by atoms with E-state index in [9.17, 15) is 18.4 Å². The second-order valence-electron chi connectivity index (χ2n) is 8.73. The van der Waals surface area contributed by atoms with E-state index in [1.54, 1.807) is 27.1 Å². The van der Waals surface area contributed by atoms with Gasteiger partial charge in [-0.2, -0.15) is 0 Å². The van der Waals surface area contributed by atoms with Gasteiger partial charge in [-0.1, -0.05) is 0 Å². The second-order valence-corrected chi connectivity index (χ2v) is 8.73. The molecule has 0 bridgehead atoms. The Morgan fingerprint density at radius 1 is 1.15 bits per heavy atom. The molecule has 1 aliphatic rings. The zero-order valence-electron chi connectivity index (χ0n) is 19.5. The molecule has 1 aliphatic heterocycles. The van der Waals surface area contributed by atoms with Gasteiger partial charge >= 0.3 is 0 Å². The van der Waals surface area contributed by atoms with Crippen molar-refractivity contribution in [1.29, 1.82) is 0 Å². The van der Waals surface area contributed by atoms with Crippen molar-refractivity contribution < 1.29 is 22.7 Å². The third-order valence-electron chi connectivity index (χ3n) is 5.86. The summed E-state index contributed by atoms with van der Waals surface area (Å²) in [5, 5.41) is 3.31. The molecule has 0 radical (unpaired) electrons. The number of hydrogen-bond acceptors (Lipinski definition) is 6. The Bertz CT molecular complexity index is 1270. The highest BCUT2D eigenvalue weighted by atomic mass is 19.1. The molecule has 9 heteroatoms. The summed E-state index contributed by atoms with van der Waals surface area (Å²) in [6.07, 6.45) is 0. The van der Waals surface area contributed by atoms with E-state index in [0.717, 1.165) is 6.07 Å². The molecule has 1 fully saturated rings. The van der Waals surface area contributed by atoms with Crippen LogP contribution in [0.1, 0.15) is 35.8 Å². The highest BCUT2D eigenvalue weighted by molar-refractivity contribution is 5.98. The maximum Gasteiger partial charge on any atom is 0.253 e. The smallest absolute Gasteiger partial charge is 0.253 e. The van der Waals surface area contributed by atoms with E-state index in [2.05, 4.69) is 5.32 Å². The number of carbonyl (C=O) groups is 1. The summed E-state index contributed by atoms with van der Waals surface area (Å²) in [6, 6.07) is 7.20. The maximum atomic E-state index is 13.7. The Labute approximate surface area is 195 Å². The number of fused-ring (bicyclic) bond motifs is 1. The van der Waals surface area contributed by atoms with E-state index in [1.807, 2.05) is 11.8 Å². The fourth-order valence-electron chi connectivity index (χ4n) is 4.14. The first-order valence-corrected chi connectivity index (χ1v) is 11.0. The summed E-state index contributed by atoms with van der Waals surface area (Å²) in [5.74, 6) is -1.31. The zero-order valence-corrected chi connectivity index (χ0v) is 19.5. The molecule has 1 N–H and O–H groups in total. The molecule has 0 saturated carbocycles. The predicted octanol–water partition coefficient (Wildman–Crippen LogP) is 4.17. The highest BCUT2D eigenvalue weighted by Gasteiger charge is 2.25. The molecule has 1 unspecified atom stereocenters. The standard InChI is InChI=1S/C25H27F2N3O4/c1-14-13-33-6-5-30(14)23-12-22(31)21-8-16(25(32)29(3)4)7-20(24(21)34-23)15(2)28-19-10-17(26)9-18(27)11-19/h7-12,14-15,28H,5-6,13H2,1-4H3/t14?,15-/m0/s1. The SMILES string of the molecule is CC1COCCN1c1cc(=O)c2cc(C(=O)N(C)C)cc([C@H](C)Nc3cc(F)cc(F)c3)c2o1. The van der Waals surface area contributed by atoms with Gasteiger partial charge in [0.25, 0.3) is 5.91 Å². The molecular formula is C25H27F2N3O4. The first kappa shape index (κ1) is 23.7. The van der Waals surface area contributed by atoms with Gasteiger partial charge in [-0.3, -0.25) is 9.59 Å². The number of anilines is 2. The fraction of sp³-hybridized carbons (Fsp3) is 0.360. The Hall–Kier alpha value is -3.46. The van der Waals surface area contributed by atoms with Crippen molar-refractivity contribution in [3.63, 3.8) is 0 Å². The molecule has 1 aromatic heterocycles. The average molecular weight is 472 g/mol. The topological polar surface area (TPSA) is 75.0 Å². The van der Waals surface area contributed by atoms with Crippen LogP contribution in [0.4, 0.5) is 20.4 Å². The molecule has 2 heterocycles. The van der Waals surface area contributed by atoms with Crippen LogP contribution in [0.5, 0.6) is 0 Å². The minimum Gasteiger partial charge on any atom is -0.440 e. The predicted molar refractivity (Wildman–Crippen MR) is 127 cm³/mol. The largest absolute Gasteiger partial charge is 0.440 e. The lowest BCUT2D eigenvalue weighted by Gasteiger charge is -2.33. The van der Waals surface area contributed by atoms with E-state index < -0.39 is 17.7 Å². The summed E-state index contributed by atoms with van der Waals surface area (Å²) >= 11 is 0. The van der Waals surface area contributed by atoms with E-state index in [-0.39, 0.29) is 28.5 Å². The number of ether oxygens (including phenoxy) is 1. The van der Waals surface area contributed by atoms with Crippen LogP contribution in [0.3, 0.4) is 0 Å². The number of rotatable bonds is 5. The van der Waals surface area contributed by atoms with Crippen LogP contribution in [0, 0.1) is 11.6 Å². The van der Waals surface area contributed by atoms with Crippen molar-refractivity contribution in [2.75, 3.05) is 44.1 Å². The lowest BCUT2D eigenvalue weighted by Crippen LogP contribution is -2.44. The molecule has 180 valence electrons. The van der Waals surface area contributed by atoms with Gasteiger partial charge in [0.05, 0.1) is 30.7 Å². The summed E-state index contributed by atoms with van der Waals surface area (Å²) in [5.41, 5.74) is 1.09. The normalized spacial score (nSPS) is 17.0. The molecule has 7 nitrogen and oxygen atoms in total. The van der Waals surface area contributed by atoms with Gasteiger partial charge in [-0.25, -0.2) is 8.78 Å². The van der Waals surface area contributed by atoms with Crippen molar-refractivity contribution in [1.82, 2.24) is 4.90 Å². The highest BCUT2D eigenvalue weighted by Crippen LogP contribution is 2.31. The van der Waals surface area contributed by atoms with Gasteiger partial charge in [-0.05, 0) is 38.1 Å². The van der Waals surface area contributed by atoms with Gasteiger partial charge in [-0.15, -0.1) is 0 Å². The molecular weight excluding hydrogens is 444 g/mol. The van der Waals surface area contributed by atoms with Crippen LogP contribution in [-0.2, 0) is 4.74 Å². The van der Waals surface area contributed by atoms with Gasteiger partial charge in [0, 0.05) is 49.6 Å². The Kier molecular flexibility index (Phi) is 6.56. The molecule has 4 rings (SSSR count). The molecule has 0 spiro atoms. The van der Waals surface area contributed by atoms with Crippen molar-refractivity contribution in [2.24, 2.45) is 0 Å². The van der Waals surface area contributed by atoms with E-state index in [4.69, 9.17) is 9.15 Å². The summed E-state index contributed by atoms with van der Waals surface area (Å²) in [7, 11) is 3.24. The molecule has 1 saturated heterocycles. The summed E-state index contributed by atoms with van der Waals surface area (Å²) < 4.78 is 39.2. The monoisotopic (exact) mass is 471 g/mol. The van der Waals surface area contributed by atoms with Crippen LogP contribution in [-0.4, -0.2) is 50.7 Å². The summed E-state index contributed by atoms with van der Waals surface area (Å²) in [4.78, 5) is 29.3. The first-order chi connectivity index (χ1) is 16.1. The van der Waals surface area contributed by atoms with Gasteiger partial charge in [0.15, 0.2) is 11.3 Å². The number of benzene rings is 2. The van der Waals surface area contributed by atoms with Crippen LogP contribution >= 0.6 is 0 Å². The Morgan fingerprint density at radius 3 is 2.50 bits per heavy atom. The number of carbonyl (C=O) groups excluding carboxylic acids is 1. The third kappa shape index (κ3) is 4.75. The Morgan fingerprint density at radius 2 is 1.85 bits per heavy atom. The van der Waals surface area contributed by atoms with E-state index in [1.165, 1.54) is 29.2 Å². The fourth-order valence-corrected chi connectivity index (χ4v) is 4.14. The Balaban J connectivity index is 1.86. The lowest BCUT2D eigenvalue weighted by molar-refractivity contribution is 0.0827. The molecule has 2 aromatic carbocycles. The van der Waals surface area contributed by atoms with Crippen LogP contribution in [0.15, 0.2) is 45.6 Å². The molecule has 2 atom stereocenters. The zero-order chi connectivity index (χ0) is 24.6. The quantitative estimate of drug-likeness (QED) is 0.602. The number of morpholine rings is 1. The minimum atomic E-state index is -0.716. The van der Waals surface area contributed by atoms with Crippen molar-refractivity contribution in [3.8, 4) is 0 Å². The van der Waals surface area contributed by atoms with Gasteiger partial charge in [0.1, 0.15) is 17.2 Å². The number of nitrogens with one attached hydrogen (secondary N) is 1. The van der Waals surface area contributed by atoms with E-state index >= 15 is 0 Å².